The van der Waals surface area contributed by atoms with E-state index in [-0.39, 0.29) is 51.1 Å². The first-order valence-corrected chi connectivity index (χ1v) is 16.2. The molecule has 4 amide bonds. The number of aromatic nitrogens is 3. The standard InChI is InChI=1S/C32H47N5O13/c1-8-13-34-29(45)36(16-22(38)12-14-49-24(40)15-20(5)25(41)50-21(6)19-48-7)31(47)37(30(34)46)18-23(39)17-35-27(43)32(9-2,10-3)26(42)33(11-4)28(35)44/h8,15,21-23,38-39H,1,9-14,16-19H2,2-7H3/b20-15-. The molecular weight excluding hydrogens is 662 g/mol. The average Bonchev–Trinajstić information content (AvgIpc) is 3.06. The van der Waals surface area contributed by atoms with Crippen LogP contribution < -0.4 is 17.1 Å². The van der Waals surface area contributed by atoms with Crippen LogP contribution in [-0.2, 0) is 53.0 Å². The van der Waals surface area contributed by atoms with E-state index in [0.717, 1.165) is 15.9 Å². The zero-order chi connectivity index (χ0) is 37.9. The van der Waals surface area contributed by atoms with Gasteiger partial charge in [-0.25, -0.2) is 42.5 Å². The number of imide groups is 2. The van der Waals surface area contributed by atoms with Gasteiger partial charge in [-0.3, -0.25) is 19.4 Å². The Morgan fingerprint density at radius 1 is 0.860 bits per heavy atom. The van der Waals surface area contributed by atoms with E-state index in [1.54, 1.807) is 27.7 Å². The summed E-state index contributed by atoms with van der Waals surface area (Å²) in [6, 6.07) is -0.952. The Morgan fingerprint density at radius 3 is 1.92 bits per heavy atom. The van der Waals surface area contributed by atoms with Crippen LogP contribution in [0.5, 0.6) is 0 Å². The zero-order valence-corrected chi connectivity index (χ0v) is 29.3. The number of rotatable bonds is 19. The molecule has 0 saturated carbocycles. The SMILES string of the molecule is C=CCn1c(=O)n(CC(O)CCOC(=O)/C=C(/C)C(=O)OC(C)COC)c(=O)n(CC(O)CN2C(=O)N(CC)C(=O)C(CC)(CC)C2=O)c1=O. The fourth-order valence-electron chi connectivity index (χ4n) is 5.40. The quantitative estimate of drug-likeness (QED) is 0.0774. The second kappa shape index (κ2) is 18.4. The van der Waals surface area contributed by atoms with Gasteiger partial charge in [0.15, 0.2) is 0 Å². The second-order valence-electron chi connectivity index (χ2n) is 11.8. The number of aliphatic hydroxyl groups is 2. The number of carbonyl (C=O) groups is 5. The molecule has 0 bridgehead atoms. The molecule has 3 unspecified atom stereocenters. The van der Waals surface area contributed by atoms with Crippen LogP contribution in [0.1, 0.15) is 53.9 Å². The predicted octanol–water partition coefficient (Wildman–Crippen LogP) is -0.846. The number of barbiturate groups is 1. The molecule has 18 heteroatoms. The molecule has 1 aliphatic rings. The minimum absolute atomic E-state index is 0.0306. The highest BCUT2D eigenvalue weighted by molar-refractivity contribution is 6.19. The zero-order valence-electron chi connectivity index (χ0n) is 29.3. The topological polar surface area (TPSA) is 226 Å². The summed E-state index contributed by atoms with van der Waals surface area (Å²) in [4.78, 5) is 105. The monoisotopic (exact) mass is 709 g/mol. The summed E-state index contributed by atoms with van der Waals surface area (Å²) >= 11 is 0. The number of nitrogens with zero attached hydrogens (tertiary/aromatic N) is 5. The van der Waals surface area contributed by atoms with Crippen LogP contribution >= 0.6 is 0 Å². The van der Waals surface area contributed by atoms with E-state index < -0.39 is 90.2 Å². The lowest BCUT2D eigenvalue weighted by molar-refractivity contribution is -0.160. The molecule has 1 aromatic heterocycles. The molecular formula is C32H47N5O13. The van der Waals surface area contributed by atoms with Crippen molar-refractivity contribution in [1.82, 2.24) is 23.5 Å². The van der Waals surface area contributed by atoms with Crippen LogP contribution in [0.25, 0.3) is 0 Å². The lowest BCUT2D eigenvalue weighted by atomic mass is 9.78. The Morgan fingerprint density at radius 2 is 1.40 bits per heavy atom. The number of ether oxygens (including phenoxy) is 3. The molecule has 0 radical (unpaired) electrons. The summed E-state index contributed by atoms with van der Waals surface area (Å²) in [5.41, 5.74) is -4.98. The first-order valence-electron chi connectivity index (χ1n) is 16.2. The number of β-amino-alcohol motifs (C(OH)–C–C–N with tert-alkyl or cyclic N) is 1. The summed E-state index contributed by atoms with van der Waals surface area (Å²) in [6.45, 7) is 8.60. The predicted molar refractivity (Wildman–Crippen MR) is 176 cm³/mol. The van der Waals surface area contributed by atoms with Gasteiger partial charge in [0.05, 0.1) is 51.6 Å². The fourth-order valence-corrected chi connectivity index (χ4v) is 5.40. The minimum Gasteiger partial charge on any atom is -0.462 e. The van der Waals surface area contributed by atoms with Gasteiger partial charge in [0.25, 0.3) is 0 Å². The third-order valence-corrected chi connectivity index (χ3v) is 8.23. The molecule has 2 rings (SSSR count). The summed E-state index contributed by atoms with van der Waals surface area (Å²) < 4.78 is 16.7. The molecule has 1 saturated heterocycles. The second-order valence-corrected chi connectivity index (χ2v) is 11.8. The largest absolute Gasteiger partial charge is 0.462 e. The van der Waals surface area contributed by atoms with Crippen molar-refractivity contribution in [2.45, 2.75) is 91.8 Å². The molecule has 0 aromatic carbocycles. The molecule has 18 nitrogen and oxygen atoms in total. The molecule has 2 N–H and O–H groups in total. The molecule has 1 fully saturated rings. The number of hydrogen-bond donors (Lipinski definition) is 2. The van der Waals surface area contributed by atoms with Gasteiger partial charge in [0.2, 0.25) is 11.8 Å². The van der Waals surface area contributed by atoms with Crippen molar-refractivity contribution in [3.63, 3.8) is 0 Å². The number of carbonyl (C=O) groups excluding carboxylic acids is 5. The van der Waals surface area contributed by atoms with Crippen LogP contribution in [-0.4, -0.2) is 115 Å². The number of aliphatic hydroxyl groups excluding tert-OH is 2. The molecule has 3 atom stereocenters. The van der Waals surface area contributed by atoms with Crippen LogP contribution in [0.3, 0.4) is 0 Å². The Kier molecular flexibility index (Phi) is 15.2. The maximum Gasteiger partial charge on any atom is 0.336 e. The van der Waals surface area contributed by atoms with E-state index in [4.69, 9.17) is 14.2 Å². The molecule has 1 aliphatic heterocycles. The summed E-state index contributed by atoms with van der Waals surface area (Å²) in [7, 11) is 1.44. The van der Waals surface area contributed by atoms with Crippen LogP contribution in [0.2, 0.25) is 0 Å². The first kappa shape index (κ1) is 41.5. The Hall–Kier alpha value is -4.68. The van der Waals surface area contributed by atoms with E-state index >= 15 is 0 Å². The summed E-state index contributed by atoms with van der Waals surface area (Å²) in [5, 5.41) is 21.6. The van der Waals surface area contributed by atoms with E-state index in [1.165, 1.54) is 20.1 Å². The van der Waals surface area contributed by atoms with Crippen molar-refractivity contribution >= 4 is 29.8 Å². The van der Waals surface area contributed by atoms with Crippen LogP contribution in [0, 0.1) is 5.41 Å². The van der Waals surface area contributed by atoms with Crippen molar-refractivity contribution in [3.05, 3.63) is 55.8 Å². The van der Waals surface area contributed by atoms with E-state index in [0.29, 0.717) is 13.7 Å². The van der Waals surface area contributed by atoms with Gasteiger partial charge in [0, 0.05) is 31.7 Å². The Balaban J connectivity index is 2.25. The molecule has 0 aliphatic carbocycles. The molecule has 0 spiro atoms. The molecule has 50 heavy (non-hydrogen) atoms. The van der Waals surface area contributed by atoms with Crippen molar-refractivity contribution in [2.24, 2.45) is 5.41 Å². The Labute approximate surface area is 288 Å². The number of urea groups is 1. The number of allylic oxidation sites excluding steroid dienone is 1. The minimum atomic E-state index is -1.68. The van der Waals surface area contributed by atoms with E-state index in [2.05, 4.69) is 6.58 Å². The van der Waals surface area contributed by atoms with Gasteiger partial charge in [-0.1, -0.05) is 19.9 Å². The summed E-state index contributed by atoms with van der Waals surface area (Å²) in [6.07, 6.45) is -1.63. The average molecular weight is 710 g/mol. The van der Waals surface area contributed by atoms with Crippen LogP contribution in [0.15, 0.2) is 38.7 Å². The van der Waals surface area contributed by atoms with Gasteiger partial charge in [0.1, 0.15) is 11.5 Å². The van der Waals surface area contributed by atoms with E-state index in [9.17, 15) is 48.6 Å². The fraction of sp³-hybridized carbons (Fsp3) is 0.625. The highest BCUT2D eigenvalue weighted by Crippen LogP contribution is 2.36. The van der Waals surface area contributed by atoms with Crippen LogP contribution in [0.4, 0.5) is 4.79 Å². The number of methoxy groups -OCH3 is 1. The van der Waals surface area contributed by atoms with Crippen molar-refractivity contribution in [1.29, 1.82) is 0 Å². The van der Waals surface area contributed by atoms with Crippen molar-refractivity contribution in [2.75, 3.05) is 33.4 Å². The third kappa shape index (κ3) is 9.30. The molecule has 2 heterocycles. The van der Waals surface area contributed by atoms with Crippen molar-refractivity contribution < 1.29 is 48.4 Å². The number of amides is 4. The number of hydrogen-bond acceptors (Lipinski definition) is 13. The molecule has 278 valence electrons. The highest BCUT2D eigenvalue weighted by atomic mass is 16.6. The van der Waals surface area contributed by atoms with Gasteiger partial charge >= 0.3 is 35.0 Å². The maximum absolute atomic E-state index is 13.4. The highest BCUT2D eigenvalue weighted by Gasteiger charge is 2.55. The number of esters is 2. The van der Waals surface area contributed by atoms with Crippen molar-refractivity contribution in [3.8, 4) is 0 Å². The Bertz CT molecular complexity index is 1650. The van der Waals surface area contributed by atoms with E-state index in [1.807, 2.05) is 0 Å². The van der Waals surface area contributed by atoms with Gasteiger partial charge < -0.3 is 24.4 Å². The molecule has 1 aromatic rings. The lowest BCUT2D eigenvalue weighted by Gasteiger charge is -2.43. The van der Waals surface area contributed by atoms with Gasteiger partial charge in [-0.2, -0.15) is 0 Å². The van der Waals surface area contributed by atoms with Gasteiger partial charge in [-0.05, 0) is 33.6 Å². The smallest absolute Gasteiger partial charge is 0.336 e. The third-order valence-electron chi connectivity index (χ3n) is 8.23. The summed E-state index contributed by atoms with van der Waals surface area (Å²) in [5.74, 6) is -3.13. The normalized spacial score (nSPS) is 16.6. The van der Waals surface area contributed by atoms with Gasteiger partial charge in [-0.15, -0.1) is 6.58 Å². The first-order chi connectivity index (χ1) is 23.5. The lowest BCUT2D eigenvalue weighted by Crippen LogP contribution is -2.66. The maximum atomic E-state index is 13.4.